The number of sulfone groups is 1. The van der Waals surface area contributed by atoms with Crippen LogP contribution in [0.2, 0.25) is 0 Å². The normalized spacial score (nSPS) is 12.2. The average molecular weight is 428 g/mol. The summed E-state index contributed by atoms with van der Waals surface area (Å²) in [5.41, 5.74) is 1.10. The largest absolute Gasteiger partial charge is 0.443 e. The zero-order valence-corrected chi connectivity index (χ0v) is 17.0. The van der Waals surface area contributed by atoms with Crippen molar-refractivity contribution < 1.29 is 21.3 Å². The second kappa shape index (κ2) is 7.06. The Bertz CT molecular complexity index is 1370. The van der Waals surface area contributed by atoms with E-state index < -0.39 is 19.9 Å². The first kappa shape index (κ1) is 19.2. The molecule has 0 aliphatic heterocycles. The molecule has 4 rings (SSSR count). The van der Waals surface area contributed by atoms with Gasteiger partial charge in [0, 0.05) is 11.5 Å². The molecule has 6 nitrogen and oxygen atoms in total. The molecule has 1 aromatic heterocycles. The summed E-state index contributed by atoms with van der Waals surface area (Å²) < 4.78 is 59.8. The number of para-hydroxylation sites is 1. The number of hydrogen-bond donors (Lipinski definition) is 1. The van der Waals surface area contributed by atoms with Crippen molar-refractivity contribution in [3.8, 4) is 0 Å². The van der Waals surface area contributed by atoms with Gasteiger partial charge in [-0.3, -0.25) is 4.72 Å². The number of rotatable bonds is 5. The quantitative estimate of drug-likeness (QED) is 0.510. The third kappa shape index (κ3) is 3.64. The summed E-state index contributed by atoms with van der Waals surface area (Å²) in [6.45, 7) is 1.75. The molecule has 0 spiro atoms. The van der Waals surface area contributed by atoms with Gasteiger partial charge in [-0.1, -0.05) is 42.5 Å². The Morgan fingerprint density at radius 3 is 2.21 bits per heavy atom. The van der Waals surface area contributed by atoms with Crippen LogP contribution in [0.5, 0.6) is 0 Å². The van der Waals surface area contributed by atoms with Crippen molar-refractivity contribution in [2.75, 3.05) is 4.72 Å². The molecule has 0 atom stereocenters. The predicted octanol–water partition coefficient (Wildman–Crippen LogP) is 4.37. The Labute approximate surface area is 168 Å². The maximum Gasteiger partial charge on any atom is 0.295 e. The van der Waals surface area contributed by atoms with Crippen molar-refractivity contribution in [2.45, 2.75) is 21.8 Å². The molecule has 0 unspecified atom stereocenters. The fraction of sp³-hybridized carbons (Fsp3) is 0.0476. The minimum absolute atomic E-state index is 0.0330. The van der Waals surface area contributed by atoms with Gasteiger partial charge in [0.15, 0.2) is 0 Å². The number of aryl methyl sites for hydroxylation is 1. The number of fused-ring (bicyclic) bond motifs is 1. The van der Waals surface area contributed by atoms with E-state index in [-0.39, 0.29) is 20.6 Å². The Kier molecular flexibility index (Phi) is 4.68. The van der Waals surface area contributed by atoms with E-state index >= 15 is 0 Å². The van der Waals surface area contributed by atoms with Crippen LogP contribution in [0, 0.1) is 6.92 Å². The molecular weight excluding hydrogens is 410 g/mol. The Morgan fingerprint density at radius 2 is 1.48 bits per heavy atom. The topological polar surface area (TPSA) is 93.5 Å². The lowest BCUT2D eigenvalue weighted by Crippen LogP contribution is -2.15. The van der Waals surface area contributed by atoms with Gasteiger partial charge in [0.05, 0.1) is 15.5 Å². The van der Waals surface area contributed by atoms with Crippen molar-refractivity contribution in [3.63, 3.8) is 0 Å². The molecule has 0 fully saturated rings. The van der Waals surface area contributed by atoms with Gasteiger partial charge < -0.3 is 4.42 Å². The summed E-state index contributed by atoms with van der Waals surface area (Å²) in [5, 5.41) is 0.345. The first-order valence-electron chi connectivity index (χ1n) is 8.69. The van der Waals surface area contributed by atoms with Gasteiger partial charge in [0.25, 0.3) is 10.0 Å². The van der Waals surface area contributed by atoms with Crippen LogP contribution < -0.4 is 4.72 Å². The molecule has 148 valence electrons. The van der Waals surface area contributed by atoms with Gasteiger partial charge in [-0.25, -0.2) is 8.42 Å². The number of furan rings is 1. The number of sulfonamides is 1. The third-order valence-corrected chi connectivity index (χ3v) is 7.44. The fourth-order valence-electron chi connectivity index (χ4n) is 2.97. The SMILES string of the molecule is Cc1ccc(S(=O)(=O)c2ccccc2)c(NS(=O)(=O)c2cc3ccccc3o2)c1. The van der Waals surface area contributed by atoms with Gasteiger partial charge in [0.1, 0.15) is 5.58 Å². The number of benzene rings is 3. The molecule has 0 bridgehead atoms. The van der Waals surface area contributed by atoms with E-state index in [0.717, 1.165) is 0 Å². The van der Waals surface area contributed by atoms with Crippen LogP contribution in [0.3, 0.4) is 0 Å². The van der Waals surface area contributed by atoms with Crippen LogP contribution in [0.4, 0.5) is 5.69 Å². The van der Waals surface area contributed by atoms with Crippen molar-refractivity contribution in [2.24, 2.45) is 0 Å². The summed E-state index contributed by atoms with van der Waals surface area (Å²) in [6, 6.07) is 20.7. The van der Waals surface area contributed by atoms with Crippen LogP contribution in [-0.4, -0.2) is 16.8 Å². The van der Waals surface area contributed by atoms with Crippen molar-refractivity contribution >= 4 is 36.5 Å². The monoisotopic (exact) mass is 427 g/mol. The Hall–Kier alpha value is -3.10. The zero-order valence-electron chi connectivity index (χ0n) is 15.4. The number of nitrogens with one attached hydrogen (secondary N) is 1. The van der Waals surface area contributed by atoms with E-state index in [1.165, 1.54) is 30.3 Å². The van der Waals surface area contributed by atoms with Crippen LogP contribution in [0.1, 0.15) is 5.56 Å². The molecule has 0 aliphatic rings. The average Bonchev–Trinajstić information content (AvgIpc) is 3.13. The van der Waals surface area contributed by atoms with Gasteiger partial charge in [-0.2, -0.15) is 8.42 Å². The van der Waals surface area contributed by atoms with E-state index in [4.69, 9.17) is 4.42 Å². The second-order valence-corrected chi connectivity index (χ2v) is 10.1. The summed E-state index contributed by atoms with van der Waals surface area (Å²) in [4.78, 5) is -0.0537. The molecule has 1 N–H and O–H groups in total. The molecule has 0 saturated heterocycles. The lowest BCUT2D eigenvalue weighted by molar-refractivity contribution is 0.484. The Balaban J connectivity index is 1.80. The lowest BCUT2D eigenvalue weighted by Gasteiger charge is -2.13. The van der Waals surface area contributed by atoms with Crippen LogP contribution in [0.25, 0.3) is 11.0 Å². The van der Waals surface area contributed by atoms with Crippen molar-refractivity contribution in [1.29, 1.82) is 0 Å². The molecule has 3 aromatic carbocycles. The fourth-order valence-corrected chi connectivity index (χ4v) is 5.49. The molecular formula is C21H17NO5S2. The van der Waals surface area contributed by atoms with E-state index in [1.807, 2.05) is 0 Å². The van der Waals surface area contributed by atoms with E-state index in [1.54, 1.807) is 55.5 Å². The maximum absolute atomic E-state index is 13.1. The molecule has 0 amide bonds. The van der Waals surface area contributed by atoms with Gasteiger partial charge >= 0.3 is 0 Å². The van der Waals surface area contributed by atoms with Crippen LogP contribution in [0.15, 0.2) is 98.2 Å². The minimum atomic E-state index is -4.14. The van der Waals surface area contributed by atoms with Crippen LogP contribution in [-0.2, 0) is 19.9 Å². The smallest absolute Gasteiger partial charge is 0.295 e. The van der Waals surface area contributed by atoms with Crippen molar-refractivity contribution in [1.82, 2.24) is 0 Å². The Morgan fingerprint density at radius 1 is 0.793 bits per heavy atom. The predicted molar refractivity (Wildman–Crippen MR) is 110 cm³/mol. The first-order valence-corrected chi connectivity index (χ1v) is 11.7. The summed E-state index contributed by atoms with van der Waals surface area (Å²) in [6.07, 6.45) is 0. The highest BCUT2D eigenvalue weighted by Gasteiger charge is 2.26. The molecule has 4 aromatic rings. The first-order chi connectivity index (χ1) is 13.8. The molecule has 29 heavy (non-hydrogen) atoms. The standard InChI is InChI=1S/C21H17NO5S2/c1-15-11-12-20(28(23,24)17-8-3-2-4-9-17)18(13-15)22-29(25,26)21-14-16-7-5-6-10-19(16)27-21/h2-14,22H,1H3. The molecule has 8 heteroatoms. The zero-order chi connectivity index (χ0) is 20.6. The highest BCUT2D eigenvalue weighted by Crippen LogP contribution is 2.31. The van der Waals surface area contributed by atoms with Gasteiger partial charge in [-0.15, -0.1) is 0 Å². The molecule has 0 radical (unpaired) electrons. The maximum atomic E-state index is 13.1. The second-order valence-electron chi connectivity index (χ2n) is 6.52. The minimum Gasteiger partial charge on any atom is -0.443 e. The molecule has 0 aliphatic carbocycles. The van der Waals surface area contributed by atoms with E-state index in [0.29, 0.717) is 16.5 Å². The third-order valence-electron chi connectivity index (χ3n) is 4.39. The van der Waals surface area contributed by atoms with Gasteiger partial charge in [-0.05, 0) is 42.8 Å². The summed E-state index contributed by atoms with van der Waals surface area (Å²) in [7, 11) is -8.06. The van der Waals surface area contributed by atoms with Crippen LogP contribution >= 0.6 is 0 Å². The molecule has 0 saturated carbocycles. The number of hydrogen-bond acceptors (Lipinski definition) is 5. The van der Waals surface area contributed by atoms with Gasteiger partial charge in [0.2, 0.25) is 14.9 Å². The van der Waals surface area contributed by atoms with E-state index in [2.05, 4.69) is 4.72 Å². The summed E-state index contributed by atoms with van der Waals surface area (Å²) >= 11 is 0. The summed E-state index contributed by atoms with van der Waals surface area (Å²) in [5.74, 6) is 0. The number of anilines is 1. The lowest BCUT2D eigenvalue weighted by atomic mass is 10.2. The highest BCUT2D eigenvalue weighted by molar-refractivity contribution is 7.93. The molecule has 1 heterocycles. The highest BCUT2D eigenvalue weighted by atomic mass is 32.2. The van der Waals surface area contributed by atoms with E-state index in [9.17, 15) is 16.8 Å². The van der Waals surface area contributed by atoms with Crippen molar-refractivity contribution in [3.05, 3.63) is 84.4 Å².